The van der Waals surface area contributed by atoms with Gasteiger partial charge < -0.3 is 4.52 Å². The Labute approximate surface area is 170 Å². The van der Waals surface area contributed by atoms with E-state index >= 15 is 0 Å². The van der Waals surface area contributed by atoms with Crippen molar-refractivity contribution in [2.45, 2.75) is 46.6 Å². The van der Waals surface area contributed by atoms with Crippen molar-refractivity contribution in [1.29, 1.82) is 0 Å². The summed E-state index contributed by atoms with van der Waals surface area (Å²) in [5.74, 6) is 0.650. The summed E-state index contributed by atoms with van der Waals surface area (Å²) in [6.45, 7) is 11.0. The number of aryl methyl sites for hydroxylation is 2. The molecule has 4 rings (SSSR count). The number of benzene rings is 1. The summed E-state index contributed by atoms with van der Waals surface area (Å²) < 4.78 is 9.10. The van der Waals surface area contributed by atoms with Crippen LogP contribution >= 0.6 is 0 Å². The number of hydrogen-bond donors (Lipinski definition) is 0. The molecular weight excluding hydrogens is 362 g/mol. The van der Waals surface area contributed by atoms with Crippen LogP contribution in [0, 0.1) is 13.8 Å². The Hall–Kier alpha value is -3.21. The number of aromatic nitrogens is 3. The Kier molecular flexibility index (Phi) is 4.61. The highest BCUT2D eigenvalue weighted by molar-refractivity contribution is 5.66. The molecule has 0 unspecified atom stereocenters. The molecule has 0 aliphatic heterocycles. The van der Waals surface area contributed by atoms with Crippen molar-refractivity contribution < 1.29 is 9.09 Å². The molecule has 148 valence electrons. The first-order valence-corrected chi connectivity index (χ1v) is 9.82. The van der Waals surface area contributed by atoms with Crippen molar-refractivity contribution in [1.82, 2.24) is 9.56 Å². The second-order valence-corrected chi connectivity index (χ2v) is 8.55. The van der Waals surface area contributed by atoms with E-state index in [1.807, 2.05) is 38.2 Å². The summed E-state index contributed by atoms with van der Waals surface area (Å²) in [6.07, 6.45) is 3.72. The van der Waals surface area contributed by atoms with E-state index < -0.39 is 0 Å². The minimum Gasteiger partial charge on any atom is -0.361 e. The van der Waals surface area contributed by atoms with E-state index in [9.17, 15) is 4.79 Å². The van der Waals surface area contributed by atoms with Gasteiger partial charge in [0.25, 0.3) is 5.65 Å². The van der Waals surface area contributed by atoms with E-state index in [0.29, 0.717) is 17.9 Å². The Morgan fingerprint density at radius 1 is 1.07 bits per heavy atom. The second-order valence-electron chi connectivity index (χ2n) is 8.55. The van der Waals surface area contributed by atoms with Gasteiger partial charge in [-0.05, 0) is 36.5 Å². The lowest BCUT2D eigenvalue weighted by Crippen LogP contribution is -2.40. The van der Waals surface area contributed by atoms with E-state index in [-0.39, 0.29) is 11.0 Å². The Morgan fingerprint density at radius 3 is 2.41 bits per heavy atom. The maximum Gasteiger partial charge on any atom is 0.350 e. The molecular formula is C24H26N3O2+. The minimum absolute atomic E-state index is 0.0747. The summed E-state index contributed by atoms with van der Waals surface area (Å²) in [5.41, 5.74) is 5.45. The fourth-order valence-electron chi connectivity index (χ4n) is 3.72. The molecule has 0 fully saturated rings. The van der Waals surface area contributed by atoms with Crippen LogP contribution in [0.3, 0.4) is 0 Å². The van der Waals surface area contributed by atoms with Crippen LogP contribution < -0.4 is 10.1 Å². The average molecular weight is 388 g/mol. The molecule has 3 heterocycles. The number of fused-ring (bicyclic) bond motifs is 1. The van der Waals surface area contributed by atoms with Crippen molar-refractivity contribution in [3.63, 3.8) is 0 Å². The molecule has 4 aromatic rings. The number of rotatable bonds is 3. The summed E-state index contributed by atoms with van der Waals surface area (Å²) in [7, 11) is 0. The normalized spacial score (nSPS) is 11.9. The molecule has 0 aliphatic rings. The van der Waals surface area contributed by atoms with Gasteiger partial charge in [-0.25, -0.2) is 9.36 Å². The average Bonchev–Trinajstić information content (AvgIpc) is 3.02. The number of nitrogens with zero attached hydrogens (tertiary/aromatic N) is 3. The molecule has 0 radical (unpaired) electrons. The molecule has 5 nitrogen and oxygen atoms in total. The van der Waals surface area contributed by atoms with Gasteiger partial charge in [0.1, 0.15) is 24.1 Å². The fraction of sp³-hybridized carbons (Fsp3) is 0.292. The van der Waals surface area contributed by atoms with Gasteiger partial charge in [0, 0.05) is 6.07 Å². The zero-order chi connectivity index (χ0) is 20.8. The van der Waals surface area contributed by atoms with Gasteiger partial charge in [-0.15, -0.1) is 0 Å². The quantitative estimate of drug-likeness (QED) is 0.494. The first kappa shape index (κ1) is 19.1. The molecule has 0 saturated carbocycles. The lowest BCUT2D eigenvalue weighted by molar-refractivity contribution is -0.665. The van der Waals surface area contributed by atoms with Crippen LogP contribution in [-0.4, -0.2) is 9.56 Å². The maximum atomic E-state index is 13.2. The molecule has 5 heteroatoms. The lowest BCUT2D eigenvalue weighted by atomic mass is 9.87. The predicted octanol–water partition coefficient (Wildman–Crippen LogP) is 4.20. The Bertz CT molecular complexity index is 1220. The Morgan fingerprint density at radius 2 is 1.79 bits per heavy atom. The third-order valence-corrected chi connectivity index (χ3v) is 5.34. The highest BCUT2D eigenvalue weighted by Gasteiger charge is 2.22. The van der Waals surface area contributed by atoms with E-state index in [0.717, 1.165) is 16.9 Å². The SMILES string of the molecule is Cc1noc(C)c1-c1c[n+](Cc2ccc(C(C)(C)C)cc2)c2ccccn2c1=O. The first-order valence-electron chi connectivity index (χ1n) is 9.82. The maximum absolute atomic E-state index is 13.2. The molecule has 0 amide bonds. The topological polar surface area (TPSA) is 51.4 Å². The monoisotopic (exact) mass is 388 g/mol. The van der Waals surface area contributed by atoms with Crippen LogP contribution in [0.25, 0.3) is 16.8 Å². The molecule has 0 bridgehead atoms. The van der Waals surface area contributed by atoms with Gasteiger partial charge in [-0.1, -0.05) is 56.3 Å². The summed E-state index contributed by atoms with van der Waals surface area (Å²) in [4.78, 5) is 13.2. The summed E-state index contributed by atoms with van der Waals surface area (Å²) in [5, 5.41) is 4.03. The van der Waals surface area contributed by atoms with Gasteiger partial charge in [0.15, 0.2) is 0 Å². The van der Waals surface area contributed by atoms with Crippen LogP contribution in [0.4, 0.5) is 0 Å². The molecule has 0 N–H and O–H groups in total. The van der Waals surface area contributed by atoms with Crippen LogP contribution in [-0.2, 0) is 12.0 Å². The van der Waals surface area contributed by atoms with Gasteiger partial charge >= 0.3 is 5.56 Å². The molecule has 0 atom stereocenters. The van der Waals surface area contributed by atoms with Crippen molar-refractivity contribution in [2.24, 2.45) is 0 Å². The summed E-state index contributed by atoms with van der Waals surface area (Å²) in [6, 6.07) is 14.5. The fourth-order valence-corrected chi connectivity index (χ4v) is 3.72. The predicted molar refractivity (Wildman–Crippen MR) is 113 cm³/mol. The highest BCUT2D eigenvalue weighted by Crippen LogP contribution is 2.24. The molecule has 3 aromatic heterocycles. The molecule has 0 spiro atoms. The highest BCUT2D eigenvalue weighted by atomic mass is 16.5. The zero-order valence-corrected chi connectivity index (χ0v) is 17.6. The third-order valence-electron chi connectivity index (χ3n) is 5.34. The number of hydrogen-bond acceptors (Lipinski definition) is 3. The largest absolute Gasteiger partial charge is 0.361 e. The van der Waals surface area contributed by atoms with E-state index in [1.165, 1.54) is 11.1 Å². The van der Waals surface area contributed by atoms with Crippen molar-refractivity contribution in [2.75, 3.05) is 0 Å². The first-order chi connectivity index (χ1) is 13.8. The standard InChI is InChI=1S/C24H26N3O2/c1-16-22(17(2)29-25-16)20-15-26(21-8-6-7-13-27(21)23(20)28)14-18-9-11-19(12-10-18)24(3,4)5/h6-13,15H,14H2,1-5H3/q+1. The van der Waals surface area contributed by atoms with Gasteiger partial charge in [-0.2, -0.15) is 4.40 Å². The van der Waals surface area contributed by atoms with Gasteiger partial charge in [-0.3, -0.25) is 0 Å². The van der Waals surface area contributed by atoms with E-state index in [2.05, 4.69) is 54.8 Å². The second kappa shape index (κ2) is 6.99. The van der Waals surface area contributed by atoms with Crippen molar-refractivity contribution in [3.05, 3.63) is 87.8 Å². The van der Waals surface area contributed by atoms with E-state index in [4.69, 9.17) is 4.52 Å². The van der Waals surface area contributed by atoms with E-state index in [1.54, 1.807) is 10.6 Å². The van der Waals surface area contributed by atoms with Crippen LogP contribution in [0.5, 0.6) is 0 Å². The molecule has 1 aromatic carbocycles. The lowest BCUT2D eigenvalue weighted by Gasteiger charge is -2.19. The molecule has 29 heavy (non-hydrogen) atoms. The minimum atomic E-state index is -0.0747. The van der Waals surface area contributed by atoms with Gasteiger partial charge in [0.05, 0.1) is 17.5 Å². The zero-order valence-electron chi connectivity index (χ0n) is 17.6. The van der Waals surface area contributed by atoms with Crippen molar-refractivity contribution >= 4 is 5.65 Å². The van der Waals surface area contributed by atoms with Crippen molar-refractivity contribution in [3.8, 4) is 11.1 Å². The smallest absolute Gasteiger partial charge is 0.350 e. The number of pyridine rings is 1. The summed E-state index contributed by atoms with van der Waals surface area (Å²) >= 11 is 0. The molecule has 0 saturated heterocycles. The van der Waals surface area contributed by atoms with Gasteiger partial charge in [0.2, 0.25) is 0 Å². The van der Waals surface area contributed by atoms with Crippen LogP contribution in [0.2, 0.25) is 0 Å². The third kappa shape index (κ3) is 3.48. The van der Waals surface area contributed by atoms with Crippen LogP contribution in [0.15, 0.2) is 64.2 Å². The van der Waals surface area contributed by atoms with Crippen LogP contribution in [0.1, 0.15) is 43.4 Å². The Balaban J connectivity index is 1.86. The molecule has 0 aliphatic carbocycles.